The number of aryl methyl sites for hydroxylation is 1. The number of methoxy groups -OCH3 is 2. The van der Waals surface area contributed by atoms with Crippen molar-refractivity contribution in [1.82, 2.24) is 0 Å². The fourth-order valence-electron chi connectivity index (χ4n) is 3.40. The zero-order valence-corrected chi connectivity index (χ0v) is 19.8. The molecule has 0 radical (unpaired) electrons. The average molecular weight is 483 g/mol. The highest BCUT2D eigenvalue weighted by Crippen LogP contribution is 2.30. The number of hydrogen-bond donors (Lipinski definition) is 0. The Bertz CT molecular complexity index is 1200. The van der Waals surface area contributed by atoms with E-state index in [4.69, 9.17) is 14.2 Å². The average Bonchev–Trinajstić information content (AvgIpc) is 2.83. The second-order valence-corrected chi connectivity index (χ2v) is 8.24. The third-order valence-electron chi connectivity index (χ3n) is 5.02. The molecule has 3 aromatic carbocycles. The lowest BCUT2D eigenvalue weighted by Gasteiger charge is -2.29. The number of carbonyl (C=O) groups is 2. The summed E-state index contributed by atoms with van der Waals surface area (Å²) in [5, 5.41) is 0. The van der Waals surface area contributed by atoms with Crippen LogP contribution in [0, 0.1) is 6.92 Å². The van der Waals surface area contributed by atoms with Crippen LogP contribution in [0.25, 0.3) is 0 Å². The fourth-order valence-corrected chi connectivity index (χ4v) is 3.98. The lowest BCUT2D eigenvalue weighted by molar-refractivity contribution is -0.139. The van der Waals surface area contributed by atoms with Crippen molar-refractivity contribution in [3.8, 4) is 11.5 Å². The molecule has 3 rings (SSSR count). The third kappa shape index (κ3) is 6.21. The predicted molar refractivity (Wildman–Crippen MR) is 126 cm³/mol. The summed E-state index contributed by atoms with van der Waals surface area (Å²) in [6, 6.07) is 18.9. The number of para-hydroxylation sites is 1. The van der Waals surface area contributed by atoms with E-state index < -0.39 is 23.2 Å². The lowest BCUT2D eigenvalue weighted by atomic mass is 10.0. The van der Waals surface area contributed by atoms with Gasteiger partial charge in [-0.1, -0.05) is 35.9 Å². The second kappa shape index (κ2) is 11.4. The SMILES string of the molecule is COC(=O)Cc1cc(C)ccc1N(Cc1cc(Oc2ccccc2)ccc1C(=O)OC)S(=O)[O-]. The highest BCUT2D eigenvalue weighted by molar-refractivity contribution is 7.80. The summed E-state index contributed by atoms with van der Waals surface area (Å²) in [6.45, 7) is 1.65. The van der Waals surface area contributed by atoms with E-state index in [0.29, 0.717) is 28.3 Å². The molecule has 0 fully saturated rings. The van der Waals surface area contributed by atoms with Crippen LogP contribution in [0.2, 0.25) is 0 Å². The van der Waals surface area contributed by atoms with E-state index in [1.54, 1.807) is 42.5 Å². The maximum Gasteiger partial charge on any atom is 0.338 e. The second-order valence-electron chi connectivity index (χ2n) is 7.36. The van der Waals surface area contributed by atoms with Crippen molar-refractivity contribution in [3.63, 3.8) is 0 Å². The van der Waals surface area contributed by atoms with E-state index in [0.717, 1.165) is 9.87 Å². The van der Waals surface area contributed by atoms with Crippen molar-refractivity contribution in [2.75, 3.05) is 18.5 Å². The lowest BCUT2D eigenvalue weighted by Crippen LogP contribution is -2.27. The van der Waals surface area contributed by atoms with Gasteiger partial charge in [-0.05, 0) is 54.4 Å². The molecule has 3 aromatic rings. The van der Waals surface area contributed by atoms with Crippen molar-refractivity contribution in [1.29, 1.82) is 0 Å². The molecule has 8 nitrogen and oxygen atoms in total. The minimum atomic E-state index is -2.72. The number of esters is 2. The molecule has 0 bridgehead atoms. The summed E-state index contributed by atoms with van der Waals surface area (Å²) in [6.07, 6.45) is -0.109. The molecule has 0 saturated carbocycles. The number of rotatable bonds is 9. The molecule has 0 spiro atoms. The topological polar surface area (TPSA) is 105 Å². The summed E-state index contributed by atoms with van der Waals surface area (Å²) in [5.74, 6) is -0.111. The Morgan fingerprint density at radius 3 is 2.29 bits per heavy atom. The van der Waals surface area contributed by atoms with Crippen molar-refractivity contribution < 1.29 is 32.6 Å². The van der Waals surface area contributed by atoms with E-state index >= 15 is 0 Å². The molecule has 1 atom stereocenters. The monoisotopic (exact) mass is 482 g/mol. The number of hydrogen-bond acceptors (Lipinski definition) is 7. The van der Waals surface area contributed by atoms with Gasteiger partial charge in [0.1, 0.15) is 11.5 Å². The number of ether oxygens (including phenoxy) is 3. The molecule has 0 saturated heterocycles. The number of anilines is 1. The van der Waals surface area contributed by atoms with E-state index in [1.165, 1.54) is 20.3 Å². The van der Waals surface area contributed by atoms with Gasteiger partial charge in [-0.3, -0.25) is 13.3 Å². The number of nitrogens with zero attached hydrogens (tertiary/aromatic N) is 1. The first-order chi connectivity index (χ1) is 16.3. The van der Waals surface area contributed by atoms with Gasteiger partial charge in [0.05, 0.1) is 38.4 Å². The van der Waals surface area contributed by atoms with Crippen LogP contribution in [0.5, 0.6) is 11.5 Å². The Labute approximate surface area is 200 Å². The predicted octanol–water partition coefficient (Wildman–Crippen LogP) is 4.09. The van der Waals surface area contributed by atoms with Gasteiger partial charge in [0, 0.05) is 11.3 Å². The molecule has 0 N–H and O–H groups in total. The summed E-state index contributed by atoms with van der Waals surface area (Å²) < 4.78 is 41.1. The maximum atomic E-state index is 12.4. The van der Waals surface area contributed by atoms with Crippen LogP contribution in [0.4, 0.5) is 5.69 Å². The van der Waals surface area contributed by atoms with Crippen LogP contribution < -0.4 is 9.04 Å². The van der Waals surface area contributed by atoms with Gasteiger partial charge in [0.15, 0.2) is 0 Å². The first-order valence-electron chi connectivity index (χ1n) is 10.3. The Kier molecular flexibility index (Phi) is 8.39. The number of carbonyl (C=O) groups excluding carboxylic acids is 2. The minimum absolute atomic E-state index is 0.109. The van der Waals surface area contributed by atoms with E-state index in [-0.39, 0.29) is 18.5 Å². The first-order valence-corrected chi connectivity index (χ1v) is 11.3. The van der Waals surface area contributed by atoms with Gasteiger partial charge in [-0.25, -0.2) is 4.79 Å². The van der Waals surface area contributed by atoms with Crippen LogP contribution >= 0.6 is 0 Å². The third-order valence-corrected chi connectivity index (χ3v) is 5.71. The Morgan fingerprint density at radius 2 is 1.65 bits per heavy atom. The molecule has 0 heterocycles. The normalized spacial score (nSPS) is 11.4. The zero-order valence-electron chi connectivity index (χ0n) is 19.0. The highest BCUT2D eigenvalue weighted by Gasteiger charge is 2.20. The molecule has 178 valence electrons. The molecular weight excluding hydrogens is 458 g/mol. The summed E-state index contributed by atoms with van der Waals surface area (Å²) in [5.41, 5.74) is 2.20. The standard InChI is InChI=1S/C25H25NO7S/c1-17-9-12-23(18(13-17)15-24(27)31-2)26(34(29)30)16-19-14-21(10-11-22(19)25(28)32-3)33-20-7-5-4-6-8-20/h4-14H,15-16H2,1-3H3,(H,29,30)/p-1. The minimum Gasteiger partial charge on any atom is -0.755 e. The van der Waals surface area contributed by atoms with Crippen LogP contribution in [0.3, 0.4) is 0 Å². The van der Waals surface area contributed by atoms with Gasteiger partial charge >= 0.3 is 11.9 Å². The molecule has 0 aliphatic heterocycles. The van der Waals surface area contributed by atoms with E-state index in [1.807, 2.05) is 25.1 Å². The summed E-state index contributed by atoms with van der Waals surface area (Å²) in [4.78, 5) is 24.3. The van der Waals surface area contributed by atoms with Gasteiger partial charge in [0.2, 0.25) is 0 Å². The zero-order chi connectivity index (χ0) is 24.7. The van der Waals surface area contributed by atoms with E-state index in [9.17, 15) is 18.4 Å². The van der Waals surface area contributed by atoms with Crippen LogP contribution in [0.15, 0.2) is 66.7 Å². The Hall–Kier alpha value is -3.69. The van der Waals surface area contributed by atoms with Gasteiger partial charge in [0.25, 0.3) is 0 Å². The highest BCUT2D eigenvalue weighted by atomic mass is 32.2. The molecule has 0 aliphatic rings. The van der Waals surface area contributed by atoms with Crippen LogP contribution in [0.1, 0.15) is 27.0 Å². The quantitative estimate of drug-likeness (QED) is 0.334. The molecule has 9 heteroatoms. The van der Waals surface area contributed by atoms with Crippen molar-refractivity contribution >= 4 is 28.9 Å². The largest absolute Gasteiger partial charge is 0.755 e. The van der Waals surface area contributed by atoms with E-state index in [2.05, 4.69) is 0 Å². The number of benzene rings is 3. The van der Waals surface area contributed by atoms with Gasteiger partial charge in [-0.15, -0.1) is 0 Å². The molecule has 0 aliphatic carbocycles. The fraction of sp³-hybridized carbons (Fsp3) is 0.200. The van der Waals surface area contributed by atoms with Crippen molar-refractivity contribution in [2.24, 2.45) is 0 Å². The van der Waals surface area contributed by atoms with Crippen LogP contribution in [-0.2, 0) is 38.5 Å². The van der Waals surface area contributed by atoms with Gasteiger partial charge < -0.3 is 18.8 Å². The molecule has 0 amide bonds. The van der Waals surface area contributed by atoms with Crippen molar-refractivity contribution in [3.05, 3.63) is 89.0 Å². The van der Waals surface area contributed by atoms with Gasteiger partial charge in [-0.2, -0.15) is 0 Å². The molecule has 1 unspecified atom stereocenters. The summed E-state index contributed by atoms with van der Waals surface area (Å²) >= 11 is -2.72. The van der Waals surface area contributed by atoms with Crippen molar-refractivity contribution in [2.45, 2.75) is 19.9 Å². The summed E-state index contributed by atoms with van der Waals surface area (Å²) in [7, 11) is 2.51. The molecule has 34 heavy (non-hydrogen) atoms. The Morgan fingerprint density at radius 1 is 0.912 bits per heavy atom. The maximum absolute atomic E-state index is 12.4. The Balaban J connectivity index is 2.03. The molecule has 0 aromatic heterocycles. The smallest absolute Gasteiger partial charge is 0.338 e. The first kappa shape index (κ1) is 24.9. The van der Waals surface area contributed by atoms with Crippen LogP contribution in [-0.4, -0.2) is 34.9 Å². The molecular formula is C25H24NO7S-.